The van der Waals surface area contributed by atoms with Gasteiger partial charge < -0.3 is 50.3 Å². The molecule has 0 saturated carbocycles. The van der Waals surface area contributed by atoms with Crippen molar-refractivity contribution in [2.45, 2.75) is 111 Å². The van der Waals surface area contributed by atoms with Crippen molar-refractivity contribution in [3.8, 4) is 17.2 Å². The number of primary amides is 1. The highest BCUT2D eigenvalue weighted by Gasteiger charge is 2.45. The quantitative estimate of drug-likeness (QED) is 0.0733. The molecule has 0 aliphatic carbocycles. The molecule has 3 aromatic rings. The van der Waals surface area contributed by atoms with Crippen LogP contribution in [0.15, 0.2) is 77.1 Å². The van der Waals surface area contributed by atoms with Crippen molar-refractivity contribution >= 4 is 53.0 Å². The fourth-order valence-electron chi connectivity index (χ4n) is 8.43. The van der Waals surface area contributed by atoms with Crippen molar-refractivity contribution in [3.05, 3.63) is 94.3 Å². The van der Waals surface area contributed by atoms with Gasteiger partial charge in [-0.15, -0.1) is 0 Å². The molecule has 4 aliphatic heterocycles. The van der Waals surface area contributed by atoms with Gasteiger partial charge in [0.2, 0.25) is 11.8 Å². The maximum Gasteiger partial charge on any atom is 0.416 e. The zero-order valence-corrected chi connectivity index (χ0v) is 39.0. The van der Waals surface area contributed by atoms with Crippen LogP contribution in [0.2, 0.25) is 0 Å². The molecule has 67 heavy (non-hydrogen) atoms. The molecule has 5 atom stereocenters. The highest BCUT2D eigenvalue weighted by molar-refractivity contribution is 6.07. The molecule has 4 aliphatic rings. The summed E-state index contributed by atoms with van der Waals surface area (Å²) in [4.78, 5) is 74.7. The molecular weight excluding hydrogens is 861 g/mol. The molecule has 6 N–H and O–H groups in total. The van der Waals surface area contributed by atoms with Gasteiger partial charge in [-0.05, 0) is 101 Å². The first-order valence-electron chi connectivity index (χ1n) is 22.5. The predicted octanol–water partition coefficient (Wildman–Crippen LogP) is 5.99. The van der Waals surface area contributed by atoms with Crippen molar-refractivity contribution in [1.29, 1.82) is 0 Å². The van der Waals surface area contributed by atoms with Crippen LogP contribution >= 0.6 is 0 Å². The molecule has 0 radical (unpaired) electrons. The Bertz CT molecular complexity index is 2490. The summed E-state index contributed by atoms with van der Waals surface area (Å²) >= 11 is 0. The van der Waals surface area contributed by atoms with E-state index in [4.69, 9.17) is 24.7 Å². The summed E-state index contributed by atoms with van der Waals surface area (Å²) in [6, 6.07) is 11.3. The minimum absolute atomic E-state index is 0.0677. The van der Waals surface area contributed by atoms with Crippen LogP contribution in [0.1, 0.15) is 98.6 Å². The van der Waals surface area contributed by atoms with Crippen LogP contribution in [0.4, 0.5) is 21.9 Å². The first-order valence-corrected chi connectivity index (χ1v) is 22.5. The largest absolute Gasteiger partial charge is 0.493 e. The van der Waals surface area contributed by atoms with Gasteiger partial charge in [0.1, 0.15) is 24.4 Å². The number of hydrazine groups is 1. The third-order valence-corrected chi connectivity index (χ3v) is 12.2. The predicted molar refractivity (Wildman–Crippen MR) is 251 cm³/mol. The number of amides is 5. The molecule has 0 bridgehead atoms. The molecule has 7 rings (SSSR count). The lowest BCUT2D eigenvalue weighted by Crippen LogP contribution is -2.53. The molecule has 1 unspecified atom stereocenters. The second-order valence-electron chi connectivity index (χ2n) is 17.8. The van der Waals surface area contributed by atoms with E-state index in [0.29, 0.717) is 47.7 Å². The van der Waals surface area contributed by atoms with Crippen molar-refractivity contribution in [2.24, 2.45) is 16.6 Å². The summed E-state index contributed by atoms with van der Waals surface area (Å²) in [5, 5.41) is 14.5. The average molecular weight is 921 g/mol. The van der Waals surface area contributed by atoms with Gasteiger partial charge in [0, 0.05) is 36.4 Å². The molecule has 356 valence electrons. The highest BCUT2D eigenvalue weighted by atomic mass is 16.6. The molecule has 5 amide bonds. The third-order valence-electron chi connectivity index (χ3n) is 12.2. The number of anilines is 2. The number of aliphatic hydroxyl groups is 1. The number of aliphatic hydroxyl groups excluding tert-OH is 1. The Kier molecular flexibility index (Phi) is 14.9. The summed E-state index contributed by atoms with van der Waals surface area (Å²) in [5.74, 6) is -0.444. The second kappa shape index (κ2) is 20.7. The number of unbranched alkanes of at least 4 members (excludes halogenated alkanes) is 2. The third kappa shape index (κ3) is 10.7. The van der Waals surface area contributed by atoms with Crippen LogP contribution in [-0.4, -0.2) is 102 Å². The van der Waals surface area contributed by atoms with Crippen molar-refractivity contribution in [2.75, 3.05) is 30.6 Å². The minimum Gasteiger partial charge on any atom is -0.493 e. The fraction of sp³-hybridized carbons (Fsp3) is 0.429. The van der Waals surface area contributed by atoms with Gasteiger partial charge in [0.25, 0.3) is 11.8 Å². The molecule has 0 saturated heterocycles. The Morgan fingerprint density at radius 1 is 0.851 bits per heavy atom. The molecule has 0 aromatic heterocycles. The zero-order valence-electron chi connectivity index (χ0n) is 39.0. The van der Waals surface area contributed by atoms with Gasteiger partial charge in [0.15, 0.2) is 17.7 Å². The van der Waals surface area contributed by atoms with Gasteiger partial charge in [-0.1, -0.05) is 37.1 Å². The molecule has 18 nitrogen and oxygen atoms in total. The van der Waals surface area contributed by atoms with Gasteiger partial charge in [-0.3, -0.25) is 24.2 Å². The lowest BCUT2D eigenvalue weighted by atomic mass is 10.0. The number of nitrogens with one attached hydrogen (secondary N) is 3. The average Bonchev–Trinajstić information content (AvgIpc) is 3.84. The smallest absolute Gasteiger partial charge is 0.416 e. The SMILES string of the molecule is COc1cc2c(cc1OCCCCCOc1cc3c(cc1C)C(=O)N1C=C(C)C[C@H]1C=N3)N(C(=O)OCc1ccc(NNC(C)C(=O)N[C@H](C(N)=O)C(C)C)cc1)[C@@H](O)[C@@H]1CC(C)=CN1C2=O. The van der Waals surface area contributed by atoms with E-state index >= 15 is 0 Å². The molecule has 0 fully saturated rings. The number of aryl methyl sites for hydroxylation is 1. The maximum absolute atomic E-state index is 14.0. The number of methoxy groups -OCH3 is 1. The Labute approximate surface area is 390 Å². The molecule has 4 heterocycles. The summed E-state index contributed by atoms with van der Waals surface area (Å²) in [6.07, 6.45) is 6.32. The number of carbonyl (C=O) groups excluding carboxylic acids is 5. The van der Waals surface area contributed by atoms with E-state index in [1.54, 1.807) is 56.1 Å². The van der Waals surface area contributed by atoms with E-state index in [-0.39, 0.29) is 53.8 Å². The Hall–Kier alpha value is -6.92. The van der Waals surface area contributed by atoms with E-state index in [0.717, 1.165) is 40.9 Å². The van der Waals surface area contributed by atoms with Crippen LogP contribution in [0, 0.1) is 12.8 Å². The molecular formula is C49H60N8O10. The maximum atomic E-state index is 14.0. The second-order valence-corrected chi connectivity index (χ2v) is 17.8. The Morgan fingerprint density at radius 2 is 1.52 bits per heavy atom. The number of benzene rings is 3. The lowest BCUT2D eigenvalue weighted by Gasteiger charge is -2.31. The normalized spacial score (nSPS) is 19.2. The number of hydrogen-bond acceptors (Lipinski definition) is 13. The lowest BCUT2D eigenvalue weighted by molar-refractivity contribution is -0.129. The van der Waals surface area contributed by atoms with E-state index in [9.17, 15) is 29.1 Å². The summed E-state index contributed by atoms with van der Waals surface area (Å²) < 4.78 is 23.8. The topological polar surface area (TPSA) is 227 Å². The zero-order chi connectivity index (χ0) is 48.1. The first kappa shape index (κ1) is 48.0. The van der Waals surface area contributed by atoms with Crippen LogP contribution in [-0.2, 0) is 20.9 Å². The van der Waals surface area contributed by atoms with E-state index in [1.165, 1.54) is 24.1 Å². The van der Waals surface area contributed by atoms with Gasteiger partial charge >= 0.3 is 6.09 Å². The molecule has 0 spiro atoms. The Balaban J connectivity index is 0.959. The number of ether oxygens (including phenoxy) is 4. The van der Waals surface area contributed by atoms with Gasteiger partial charge in [-0.25, -0.2) is 15.1 Å². The molecule has 18 heteroatoms. The van der Waals surface area contributed by atoms with Crippen molar-refractivity contribution in [1.82, 2.24) is 20.5 Å². The fourth-order valence-corrected chi connectivity index (χ4v) is 8.43. The van der Waals surface area contributed by atoms with Crippen LogP contribution in [0.3, 0.4) is 0 Å². The van der Waals surface area contributed by atoms with Crippen LogP contribution in [0.25, 0.3) is 0 Å². The Morgan fingerprint density at radius 3 is 2.21 bits per heavy atom. The number of rotatable bonds is 18. The highest BCUT2D eigenvalue weighted by Crippen LogP contribution is 2.42. The standard InChI is InChI=1S/C49H60N8O10/c1-27(2)43(44(50)58)52-45(59)31(6)53-54-33-13-11-32(12-14-33)26-67-49(63)57-38-22-42(41(64-7)20-36(38)47(61)56-25-29(4)18-39(56)48(57)62)66-16-10-8-9-15-65-40-21-37-35(19-30(40)5)46(60)55-24-28(3)17-34(55)23-51-37/h11-14,19-25,27,31,34,39,43,48,53-54,62H,8-10,15-18,26H2,1-7H3,(H2,50,58)(H,52,59)/t31?,34-,39-,43-,48-/m0/s1. The van der Waals surface area contributed by atoms with Crippen molar-refractivity contribution in [3.63, 3.8) is 0 Å². The van der Waals surface area contributed by atoms with E-state index < -0.39 is 48.2 Å². The van der Waals surface area contributed by atoms with E-state index in [2.05, 4.69) is 21.2 Å². The minimum atomic E-state index is -1.46. The number of nitrogens with two attached hydrogens (primary N) is 1. The monoisotopic (exact) mass is 920 g/mol. The van der Waals surface area contributed by atoms with Crippen LogP contribution < -0.4 is 41.0 Å². The number of fused-ring (bicyclic) bond motifs is 4. The first-order chi connectivity index (χ1) is 32.0. The number of nitrogens with zero attached hydrogens (tertiary/aromatic N) is 4. The van der Waals surface area contributed by atoms with Gasteiger partial charge in [-0.2, -0.15) is 0 Å². The van der Waals surface area contributed by atoms with Crippen molar-refractivity contribution < 1.29 is 48.0 Å². The van der Waals surface area contributed by atoms with E-state index in [1.807, 2.05) is 45.3 Å². The summed E-state index contributed by atoms with van der Waals surface area (Å²) in [5.41, 5.74) is 16.8. The molecule has 3 aromatic carbocycles. The summed E-state index contributed by atoms with van der Waals surface area (Å²) in [7, 11) is 1.46. The van der Waals surface area contributed by atoms with Gasteiger partial charge in [0.05, 0.1) is 54.9 Å². The van der Waals surface area contributed by atoms with Crippen LogP contribution in [0.5, 0.6) is 17.2 Å². The number of carbonyl (C=O) groups is 5. The number of hydrogen-bond donors (Lipinski definition) is 5. The summed E-state index contributed by atoms with van der Waals surface area (Å²) in [6.45, 7) is 11.6. The number of aliphatic imine (C=N–C) groups is 1.